The molecule has 0 unspecified atom stereocenters. The molecule has 0 saturated heterocycles. The van der Waals surface area contributed by atoms with Gasteiger partial charge >= 0.3 is 0 Å². The van der Waals surface area contributed by atoms with Crippen LogP contribution in [0.5, 0.6) is 5.75 Å². The van der Waals surface area contributed by atoms with Gasteiger partial charge in [-0.15, -0.1) is 10.2 Å². The molecule has 1 atom stereocenters. The van der Waals surface area contributed by atoms with E-state index in [0.717, 1.165) is 16.8 Å². The van der Waals surface area contributed by atoms with Gasteiger partial charge in [0.25, 0.3) is 0 Å². The molecule has 0 bridgehead atoms. The van der Waals surface area contributed by atoms with Crippen molar-refractivity contribution in [2.75, 3.05) is 6.54 Å². The number of benzene rings is 2. The highest BCUT2D eigenvalue weighted by atomic mass is 35.5. The third-order valence-corrected chi connectivity index (χ3v) is 5.03. The zero-order valence-electron chi connectivity index (χ0n) is 16.1. The number of aliphatic imine (C=N–C) groups is 1. The second kappa shape index (κ2) is 7.67. The van der Waals surface area contributed by atoms with Crippen molar-refractivity contribution in [2.24, 2.45) is 4.99 Å². The molecule has 0 fully saturated rings. The lowest BCUT2D eigenvalue weighted by Gasteiger charge is -2.13. The number of rotatable bonds is 4. The van der Waals surface area contributed by atoms with Crippen molar-refractivity contribution in [1.82, 2.24) is 20.1 Å². The molecule has 2 heterocycles. The molecule has 0 spiro atoms. The monoisotopic (exact) mass is 409 g/mol. The summed E-state index contributed by atoms with van der Waals surface area (Å²) in [5.74, 6) is 1.28. The first-order valence-corrected chi connectivity index (χ1v) is 9.72. The third-order valence-electron chi connectivity index (χ3n) is 4.78. The number of aryl methyl sites for hydroxylation is 1. The van der Waals surface area contributed by atoms with Crippen LogP contribution < -0.4 is 5.32 Å². The van der Waals surface area contributed by atoms with E-state index in [2.05, 4.69) is 15.5 Å². The number of aromatic hydroxyl groups is 1. The standard InChI is InChI=1S/C21H20ClN5O2/c1-3-23-19(29)11-17-21-26-25-12(2)27(21)18-9-8-15(28)10-16(18)20(24-17)13-4-6-14(22)7-5-13/h4-10,17,28H,3,11H2,1-2H3,(H,23,29)/t17-/m1/s1. The van der Waals surface area contributed by atoms with E-state index in [4.69, 9.17) is 16.6 Å². The van der Waals surface area contributed by atoms with Gasteiger partial charge in [-0.3, -0.25) is 14.4 Å². The van der Waals surface area contributed by atoms with E-state index >= 15 is 0 Å². The normalized spacial score (nSPS) is 15.1. The molecule has 3 aromatic rings. The number of nitrogens with one attached hydrogen (secondary N) is 1. The molecule has 7 nitrogen and oxygen atoms in total. The van der Waals surface area contributed by atoms with Gasteiger partial charge in [0.15, 0.2) is 5.82 Å². The fourth-order valence-corrected chi connectivity index (χ4v) is 3.63. The Morgan fingerprint density at radius 3 is 2.69 bits per heavy atom. The van der Waals surface area contributed by atoms with Crippen LogP contribution in [-0.2, 0) is 4.79 Å². The van der Waals surface area contributed by atoms with Crippen LogP contribution in [0.1, 0.15) is 42.2 Å². The fraction of sp³-hybridized carbons (Fsp3) is 0.238. The van der Waals surface area contributed by atoms with Crippen LogP contribution in [0.4, 0.5) is 0 Å². The van der Waals surface area contributed by atoms with Gasteiger partial charge in [-0.25, -0.2) is 0 Å². The highest BCUT2D eigenvalue weighted by Crippen LogP contribution is 2.34. The molecule has 0 radical (unpaired) electrons. The zero-order valence-corrected chi connectivity index (χ0v) is 16.8. The molecule has 8 heteroatoms. The predicted molar refractivity (Wildman–Crippen MR) is 111 cm³/mol. The SMILES string of the molecule is CCNC(=O)C[C@H]1N=C(c2ccc(Cl)cc2)c2cc(O)ccc2-n2c(C)nnc21. The molecular formula is C21H20ClN5O2. The average Bonchev–Trinajstić information content (AvgIpc) is 3.01. The van der Waals surface area contributed by atoms with Crippen molar-refractivity contribution < 1.29 is 9.90 Å². The molecule has 1 aliphatic heterocycles. The summed E-state index contributed by atoms with van der Waals surface area (Å²) in [4.78, 5) is 17.3. The van der Waals surface area contributed by atoms with E-state index in [1.165, 1.54) is 0 Å². The molecular weight excluding hydrogens is 390 g/mol. The van der Waals surface area contributed by atoms with E-state index in [1.807, 2.05) is 36.6 Å². The molecule has 2 N–H and O–H groups in total. The second-order valence-corrected chi connectivity index (χ2v) is 7.24. The van der Waals surface area contributed by atoms with E-state index in [-0.39, 0.29) is 18.1 Å². The molecule has 148 valence electrons. The van der Waals surface area contributed by atoms with Gasteiger partial charge < -0.3 is 10.4 Å². The largest absolute Gasteiger partial charge is 0.508 e. The smallest absolute Gasteiger partial charge is 0.222 e. The summed E-state index contributed by atoms with van der Waals surface area (Å²) in [6.07, 6.45) is 0.142. The third kappa shape index (κ3) is 3.61. The number of hydrogen-bond donors (Lipinski definition) is 2. The van der Waals surface area contributed by atoms with Gasteiger partial charge in [-0.2, -0.15) is 0 Å². The highest BCUT2D eigenvalue weighted by molar-refractivity contribution is 6.30. The Morgan fingerprint density at radius 2 is 1.97 bits per heavy atom. The molecule has 4 rings (SSSR count). The minimum atomic E-state index is -0.525. The van der Waals surface area contributed by atoms with Gasteiger partial charge in [0.1, 0.15) is 17.6 Å². The maximum atomic E-state index is 12.4. The summed E-state index contributed by atoms with van der Waals surface area (Å²) < 4.78 is 1.89. The van der Waals surface area contributed by atoms with Crippen molar-refractivity contribution in [3.8, 4) is 11.4 Å². The highest BCUT2D eigenvalue weighted by Gasteiger charge is 2.29. The summed E-state index contributed by atoms with van der Waals surface area (Å²) in [6, 6.07) is 11.9. The molecule has 0 saturated carbocycles. The van der Waals surface area contributed by atoms with Gasteiger partial charge in [0, 0.05) is 22.7 Å². The Morgan fingerprint density at radius 1 is 1.21 bits per heavy atom. The number of hydrogen-bond acceptors (Lipinski definition) is 5. The predicted octanol–water partition coefficient (Wildman–Crippen LogP) is 3.35. The van der Waals surface area contributed by atoms with Crippen LogP contribution >= 0.6 is 11.6 Å². The number of carbonyl (C=O) groups excluding carboxylic acids is 1. The summed E-state index contributed by atoms with van der Waals surface area (Å²) in [7, 11) is 0. The molecule has 1 aromatic heterocycles. The number of phenolic OH excluding ortho intramolecular Hbond substituents is 1. The van der Waals surface area contributed by atoms with E-state index in [1.54, 1.807) is 24.3 Å². The van der Waals surface area contributed by atoms with Crippen molar-refractivity contribution >= 4 is 23.2 Å². The molecule has 0 aliphatic carbocycles. The van der Waals surface area contributed by atoms with Crippen LogP contribution in [0.25, 0.3) is 5.69 Å². The number of halogens is 1. The maximum Gasteiger partial charge on any atom is 0.222 e. The first kappa shape index (κ1) is 19.1. The Bertz CT molecular complexity index is 1100. The summed E-state index contributed by atoms with van der Waals surface area (Å²) in [6.45, 7) is 4.27. The number of phenols is 1. The number of amides is 1. The van der Waals surface area contributed by atoms with Crippen LogP contribution in [0, 0.1) is 6.92 Å². The van der Waals surface area contributed by atoms with Crippen molar-refractivity contribution in [2.45, 2.75) is 26.3 Å². The Hall–Kier alpha value is -3.19. The lowest BCUT2D eigenvalue weighted by molar-refractivity contribution is -0.121. The topological polar surface area (TPSA) is 92.4 Å². The second-order valence-electron chi connectivity index (χ2n) is 6.80. The summed E-state index contributed by atoms with van der Waals surface area (Å²) in [5.41, 5.74) is 3.02. The van der Waals surface area contributed by atoms with E-state index in [0.29, 0.717) is 28.9 Å². The average molecular weight is 410 g/mol. The summed E-state index contributed by atoms with van der Waals surface area (Å²) in [5, 5.41) is 22.1. The summed E-state index contributed by atoms with van der Waals surface area (Å²) >= 11 is 6.06. The van der Waals surface area contributed by atoms with Crippen LogP contribution in [0.2, 0.25) is 5.02 Å². The van der Waals surface area contributed by atoms with Gasteiger partial charge in [-0.05, 0) is 44.2 Å². The lowest BCUT2D eigenvalue weighted by Crippen LogP contribution is -2.25. The molecule has 1 amide bonds. The van der Waals surface area contributed by atoms with Gasteiger partial charge in [0.2, 0.25) is 5.91 Å². The number of aromatic nitrogens is 3. The van der Waals surface area contributed by atoms with E-state index < -0.39 is 6.04 Å². The van der Waals surface area contributed by atoms with Crippen molar-refractivity contribution in [1.29, 1.82) is 0 Å². The Labute approximate surface area is 173 Å². The van der Waals surface area contributed by atoms with Gasteiger partial charge in [0.05, 0.1) is 17.8 Å². The quantitative estimate of drug-likeness (QED) is 0.691. The van der Waals surface area contributed by atoms with Gasteiger partial charge in [-0.1, -0.05) is 23.7 Å². The lowest BCUT2D eigenvalue weighted by atomic mass is 10.00. The molecule has 2 aromatic carbocycles. The van der Waals surface area contributed by atoms with Crippen molar-refractivity contribution in [3.05, 3.63) is 70.3 Å². The minimum absolute atomic E-state index is 0.113. The number of nitrogens with zero attached hydrogens (tertiary/aromatic N) is 4. The maximum absolute atomic E-state index is 12.4. The van der Waals surface area contributed by atoms with E-state index in [9.17, 15) is 9.90 Å². The van der Waals surface area contributed by atoms with Crippen LogP contribution in [-0.4, -0.2) is 38.0 Å². The first-order chi connectivity index (χ1) is 14.0. The Balaban J connectivity index is 1.95. The molecule has 1 aliphatic rings. The minimum Gasteiger partial charge on any atom is -0.508 e. The van der Waals surface area contributed by atoms with Crippen LogP contribution in [0.3, 0.4) is 0 Å². The van der Waals surface area contributed by atoms with Crippen molar-refractivity contribution in [3.63, 3.8) is 0 Å². The van der Waals surface area contributed by atoms with Crippen LogP contribution in [0.15, 0.2) is 47.5 Å². The molecule has 29 heavy (non-hydrogen) atoms. The number of carbonyl (C=O) groups is 1. The Kier molecular flexibility index (Phi) is 5.07. The number of fused-ring (bicyclic) bond motifs is 3. The zero-order chi connectivity index (χ0) is 20.5. The first-order valence-electron chi connectivity index (χ1n) is 9.34. The fourth-order valence-electron chi connectivity index (χ4n) is 3.50.